The van der Waals surface area contributed by atoms with E-state index in [1.165, 1.54) is 31.2 Å². The summed E-state index contributed by atoms with van der Waals surface area (Å²) in [4.78, 5) is 44.9. The van der Waals surface area contributed by atoms with Crippen LogP contribution >= 0.6 is 22.6 Å². The van der Waals surface area contributed by atoms with E-state index in [0.717, 1.165) is 3.57 Å². The van der Waals surface area contributed by atoms with Crippen LogP contribution in [0.3, 0.4) is 0 Å². The van der Waals surface area contributed by atoms with E-state index in [2.05, 4.69) is 58.1 Å². The zero-order valence-corrected chi connectivity index (χ0v) is 20.5. The highest BCUT2D eigenvalue weighted by molar-refractivity contribution is 14.1. The zero-order valence-electron chi connectivity index (χ0n) is 18.3. The Morgan fingerprint density at radius 2 is 2.00 bits per heavy atom. The second-order valence-corrected chi connectivity index (χ2v) is 8.93. The van der Waals surface area contributed by atoms with Gasteiger partial charge < -0.3 is 30.0 Å². The Bertz CT molecular complexity index is 1450. The second kappa shape index (κ2) is 9.06. The van der Waals surface area contributed by atoms with Crippen molar-refractivity contribution in [1.29, 1.82) is 0 Å². The van der Waals surface area contributed by atoms with Crippen LogP contribution in [0.1, 0.15) is 29.5 Å². The molecule has 0 saturated carbocycles. The van der Waals surface area contributed by atoms with Gasteiger partial charge in [-0.2, -0.15) is 4.98 Å². The first-order chi connectivity index (χ1) is 16.8. The van der Waals surface area contributed by atoms with Gasteiger partial charge in [-0.05, 0) is 28.7 Å². The quantitative estimate of drug-likeness (QED) is 0.175. The molecule has 1 amide bonds. The van der Waals surface area contributed by atoms with Crippen molar-refractivity contribution in [1.82, 2.24) is 34.8 Å². The highest BCUT2D eigenvalue weighted by Crippen LogP contribution is 2.32. The van der Waals surface area contributed by atoms with Crippen molar-refractivity contribution < 1.29 is 29.0 Å². The van der Waals surface area contributed by atoms with Crippen LogP contribution in [0, 0.1) is 3.57 Å². The second-order valence-electron chi connectivity index (χ2n) is 7.77. The zero-order chi connectivity index (χ0) is 24.9. The lowest BCUT2D eigenvalue weighted by Gasteiger charge is -2.16. The number of carbonyl (C=O) groups excluding carboxylic acids is 2. The van der Waals surface area contributed by atoms with Gasteiger partial charge in [0.15, 0.2) is 34.9 Å². The van der Waals surface area contributed by atoms with Crippen molar-refractivity contribution in [2.45, 2.75) is 38.0 Å². The molecule has 5 heterocycles. The van der Waals surface area contributed by atoms with E-state index in [1.807, 2.05) is 0 Å². The van der Waals surface area contributed by atoms with E-state index in [-0.39, 0.29) is 18.2 Å². The number of hydrogen-bond acceptors (Lipinski definition) is 12. The van der Waals surface area contributed by atoms with Crippen LogP contribution in [0.5, 0.6) is 0 Å². The summed E-state index contributed by atoms with van der Waals surface area (Å²) in [7, 11) is 1.41. The molecular formula is C20H19IN8O6. The maximum atomic E-state index is 12.0. The fourth-order valence-corrected chi connectivity index (χ4v) is 4.47. The summed E-state index contributed by atoms with van der Waals surface area (Å²) in [5.74, 6) is -0.449. The van der Waals surface area contributed by atoms with Crippen molar-refractivity contribution in [2.24, 2.45) is 0 Å². The molecule has 0 bridgehead atoms. The molecule has 0 aliphatic carbocycles. The minimum absolute atomic E-state index is 0.00123. The number of nitrogens with one attached hydrogen (secondary N) is 2. The molecule has 4 aromatic rings. The number of oxazole rings is 1. The molecule has 0 aromatic carbocycles. The van der Waals surface area contributed by atoms with E-state index < -0.39 is 30.4 Å². The summed E-state index contributed by atoms with van der Waals surface area (Å²) >= 11 is 2.09. The van der Waals surface area contributed by atoms with E-state index in [0.29, 0.717) is 33.9 Å². The molecule has 35 heavy (non-hydrogen) atoms. The first-order valence-electron chi connectivity index (χ1n) is 10.4. The normalized spacial score (nSPS) is 22.1. The molecule has 4 N–H and O–H groups in total. The van der Waals surface area contributed by atoms with Crippen LogP contribution in [-0.4, -0.2) is 76.8 Å². The predicted molar refractivity (Wildman–Crippen MR) is 127 cm³/mol. The Labute approximate surface area is 210 Å². The number of imidazole rings is 1. The third-order valence-corrected chi connectivity index (χ3v) is 6.28. The Morgan fingerprint density at radius 1 is 1.20 bits per heavy atom. The topological polar surface area (TPSA) is 190 Å². The standard InChI is InChI=1S/C20H19IN8O6/c1-7(30)19-28-16-13(34-19)9(21)3-8(27-16)4-23-15-10-17(25-5-24-15)29(6-26-10)20-12(32)11(31)14(35-20)18(33)22-2/h3,5-6,11-12,14,20,31-32H,4H2,1-2H3,(H,22,33)(H,23,24,25)/t11-,12+,14-,20+/m0/s1. The molecule has 5 rings (SSSR count). The van der Waals surface area contributed by atoms with Crippen LogP contribution in [0.15, 0.2) is 23.1 Å². The van der Waals surface area contributed by atoms with Crippen molar-refractivity contribution in [2.75, 3.05) is 12.4 Å². The maximum absolute atomic E-state index is 12.0. The van der Waals surface area contributed by atoms with Gasteiger partial charge in [-0.15, -0.1) is 0 Å². The molecular weight excluding hydrogens is 575 g/mol. The molecule has 14 nitrogen and oxygen atoms in total. The average molecular weight is 594 g/mol. The van der Waals surface area contributed by atoms with E-state index >= 15 is 0 Å². The fourth-order valence-electron chi connectivity index (χ4n) is 3.75. The lowest BCUT2D eigenvalue weighted by molar-refractivity contribution is -0.137. The number of fused-ring (bicyclic) bond motifs is 2. The largest absolute Gasteiger partial charge is 0.431 e. The number of Topliss-reactive ketones (excluding diaryl/α,β-unsaturated/α-hetero) is 1. The Hall–Kier alpha value is -3.28. The summed E-state index contributed by atoms with van der Waals surface area (Å²) in [6, 6.07) is 1.80. The number of ketones is 1. The summed E-state index contributed by atoms with van der Waals surface area (Å²) in [5.41, 5.74) is 2.11. The molecule has 1 saturated heterocycles. The van der Waals surface area contributed by atoms with Crippen molar-refractivity contribution in [3.05, 3.63) is 33.9 Å². The van der Waals surface area contributed by atoms with Gasteiger partial charge in [0, 0.05) is 14.0 Å². The first kappa shape index (κ1) is 23.5. The number of hydrogen-bond donors (Lipinski definition) is 4. The number of ether oxygens (including phenoxy) is 1. The number of aliphatic hydroxyl groups is 2. The van der Waals surface area contributed by atoms with Crippen LogP contribution < -0.4 is 10.6 Å². The van der Waals surface area contributed by atoms with Gasteiger partial charge in [0.1, 0.15) is 18.5 Å². The Balaban J connectivity index is 1.40. The third-order valence-electron chi connectivity index (χ3n) is 5.48. The molecule has 0 spiro atoms. The molecule has 15 heteroatoms. The van der Waals surface area contributed by atoms with Gasteiger partial charge >= 0.3 is 0 Å². The molecule has 182 valence electrons. The minimum Gasteiger partial charge on any atom is -0.431 e. The highest BCUT2D eigenvalue weighted by Gasteiger charge is 2.47. The Kier molecular flexibility index (Phi) is 6.07. The summed E-state index contributed by atoms with van der Waals surface area (Å²) in [6.45, 7) is 1.63. The minimum atomic E-state index is -1.42. The molecule has 4 aromatic heterocycles. The van der Waals surface area contributed by atoms with Crippen molar-refractivity contribution >= 4 is 62.5 Å². The van der Waals surface area contributed by atoms with Crippen LogP contribution in [-0.2, 0) is 16.1 Å². The molecule has 0 radical (unpaired) electrons. The number of amides is 1. The smallest absolute Gasteiger partial charge is 0.265 e. The number of rotatable bonds is 6. The van der Waals surface area contributed by atoms with Crippen molar-refractivity contribution in [3.63, 3.8) is 0 Å². The van der Waals surface area contributed by atoms with Gasteiger partial charge in [0.05, 0.1) is 22.1 Å². The molecule has 4 atom stereocenters. The number of anilines is 1. The van der Waals surface area contributed by atoms with Crippen LogP contribution in [0.4, 0.5) is 5.82 Å². The number of nitrogens with zero attached hydrogens (tertiary/aromatic N) is 6. The molecule has 1 aliphatic rings. The lowest BCUT2D eigenvalue weighted by atomic mass is 10.1. The number of aromatic nitrogens is 6. The summed E-state index contributed by atoms with van der Waals surface area (Å²) in [6.07, 6.45) is -2.40. The summed E-state index contributed by atoms with van der Waals surface area (Å²) in [5, 5.41) is 26.3. The van der Waals surface area contributed by atoms with E-state index in [1.54, 1.807) is 6.07 Å². The van der Waals surface area contributed by atoms with Crippen LogP contribution in [0.2, 0.25) is 0 Å². The molecule has 1 fully saturated rings. The van der Waals surface area contributed by atoms with Crippen LogP contribution in [0.25, 0.3) is 22.4 Å². The van der Waals surface area contributed by atoms with Gasteiger partial charge in [-0.25, -0.2) is 19.9 Å². The monoisotopic (exact) mass is 594 g/mol. The van der Waals surface area contributed by atoms with Crippen molar-refractivity contribution in [3.8, 4) is 0 Å². The maximum Gasteiger partial charge on any atom is 0.265 e. The average Bonchev–Trinajstić information content (AvgIpc) is 3.54. The number of aliphatic hydroxyl groups excluding tert-OH is 2. The summed E-state index contributed by atoms with van der Waals surface area (Å²) < 4.78 is 13.3. The first-order valence-corrected chi connectivity index (χ1v) is 11.5. The number of pyridine rings is 1. The number of carbonyl (C=O) groups is 2. The number of halogens is 1. The predicted octanol–water partition coefficient (Wildman–Crippen LogP) is 0.147. The van der Waals surface area contributed by atoms with E-state index in [4.69, 9.17) is 9.15 Å². The third kappa shape index (κ3) is 4.09. The number of likely N-dealkylation sites (N-methyl/N-ethyl adjacent to an activating group) is 1. The SMILES string of the molecule is CNC(=O)[C@H]1O[C@@H](n2cnc3c(NCc4cc(I)c5oc(C(C)=O)nc5n4)ncnc32)[C@H](O)[C@@H]1O. The fraction of sp³-hybridized carbons (Fsp3) is 0.350. The van der Waals surface area contributed by atoms with E-state index in [9.17, 15) is 19.8 Å². The lowest BCUT2D eigenvalue weighted by Crippen LogP contribution is -2.41. The van der Waals surface area contributed by atoms with Gasteiger partial charge in [0.25, 0.3) is 11.8 Å². The van der Waals surface area contributed by atoms with Gasteiger partial charge in [0.2, 0.25) is 11.4 Å². The van der Waals surface area contributed by atoms with Gasteiger partial charge in [-0.3, -0.25) is 14.2 Å². The molecule has 0 unspecified atom stereocenters. The Morgan fingerprint density at radius 3 is 2.74 bits per heavy atom. The van der Waals surface area contributed by atoms with Gasteiger partial charge in [-0.1, -0.05) is 0 Å². The highest BCUT2D eigenvalue weighted by atomic mass is 127. The molecule has 1 aliphatic heterocycles.